The number of carbonyl (C=O) groups is 2. The van der Waals surface area contributed by atoms with Crippen molar-refractivity contribution in [2.24, 2.45) is 0 Å². The molecule has 1 fully saturated rings. The lowest BCUT2D eigenvalue weighted by atomic mass is 10.2. The fraction of sp³-hybridized carbons (Fsp3) is 0.364. The molecule has 1 saturated heterocycles. The van der Waals surface area contributed by atoms with Gasteiger partial charge in [-0.2, -0.15) is 0 Å². The Morgan fingerprint density at radius 3 is 1.84 bits per heavy atom. The van der Waals surface area contributed by atoms with Crippen molar-refractivity contribution >= 4 is 35.1 Å². The number of β-amino-alcohol motifs (C(OH)–C–C–N with tert-alkyl or cyclic N) is 1. The molecule has 1 unspecified atom stereocenters. The van der Waals surface area contributed by atoms with Crippen molar-refractivity contribution in [2.45, 2.75) is 15.9 Å². The van der Waals surface area contributed by atoms with E-state index in [0.29, 0.717) is 6.54 Å². The van der Waals surface area contributed by atoms with Crippen LogP contribution in [0.5, 0.6) is 0 Å². The largest absolute Gasteiger partial charge is 0.473 e. The van der Waals surface area contributed by atoms with Crippen molar-refractivity contribution in [3.05, 3.63) is 48.5 Å². The number of fused-ring (bicyclic) bond motifs is 2. The summed E-state index contributed by atoms with van der Waals surface area (Å²) in [5.41, 5.74) is 2.40. The fourth-order valence-corrected chi connectivity index (χ4v) is 4.67. The summed E-state index contributed by atoms with van der Waals surface area (Å²) < 4.78 is 0. The zero-order chi connectivity index (χ0) is 22.4. The molecule has 2 aromatic carbocycles. The molecule has 8 nitrogen and oxygen atoms in total. The third-order valence-electron chi connectivity index (χ3n) is 5.17. The second-order valence-corrected chi connectivity index (χ2v) is 8.60. The van der Waals surface area contributed by atoms with Gasteiger partial charge >= 0.3 is 11.9 Å². The molecule has 31 heavy (non-hydrogen) atoms. The van der Waals surface area contributed by atoms with E-state index < -0.39 is 11.9 Å². The number of carboxylic acids is 2. The standard InChI is InChI=1S/C20H25N3OS.C2H2O4/c1-21-10-12-22(13-11-21)14-16(24)15-23-17-6-2-4-8-19(17)25-20-9-5-3-7-18(20)23;3-1(4)2(5)6/h2-9,16,24H,10-15H2,1H3;(H,3,4)(H,5,6). The van der Waals surface area contributed by atoms with Gasteiger partial charge in [-0.3, -0.25) is 4.90 Å². The Hall–Kier alpha value is -2.59. The van der Waals surface area contributed by atoms with E-state index >= 15 is 0 Å². The van der Waals surface area contributed by atoms with E-state index in [9.17, 15) is 5.11 Å². The summed E-state index contributed by atoms with van der Waals surface area (Å²) in [5.74, 6) is -3.65. The summed E-state index contributed by atoms with van der Waals surface area (Å²) in [6.45, 7) is 5.60. The topological polar surface area (TPSA) is 105 Å². The molecular formula is C22H27N3O5S. The molecule has 2 aromatic rings. The van der Waals surface area contributed by atoms with Crippen LogP contribution in [0.25, 0.3) is 0 Å². The Balaban J connectivity index is 0.000000401. The van der Waals surface area contributed by atoms with E-state index in [1.807, 2.05) is 11.8 Å². The summed E-state index contributed by atoms with van der Waals surface area (Å²) in [7, 11) is 2.16. The molecule has 0 bridgehead atoms. The second kappa shape index (κ2) is 10.6. The summed E-state index contributed by atoms with van der Waals surface area (Å²) in [6, 6.07) is 16.9. The van der Waals surface area contributed by atoms with E-state index in [1.54, 1.807) is 0 Å². The molecule has 9 heteroatoms. The Morgan fingerprint density at radius 2 is 1.35 bits per heavy atom. The van der Waals surface area contributed by atoms with Crippen molar-refractivity contribution in [2.75, 3.05) is 51.2 Å². The molecule has 2 aliphatic heterocycles. The molecule has 2 aliphatic rings. The van der Waals surface area contributed by atoms with Crippen LogP contribution in [0.3, 0.4) is 0 Å². The van der Waals surface area contributed by atoms with Crippen molar-refractivity contribution < 1.29 is 24.9 Å². The number of para-hydroxylation sites is 2. The quantitative estimate of drug-likeness (QED) is 0.610. The number of nitrogens with zero attached hydrogens (tertiary/aromatic N) is 3. The highest BCUT2D eigenvalue weighted by atomic mass is 32.2. The first-order valence-electron chi connectivity index (χ1n) is 10.0. The number of hydrogen-bond acceptors (Lipinski definition) is 7. The molecular weight excluding hydrogens is 418 g/mol. The Labute approximate surface area is 185 Å². The minimum atomic E-state index is -1.82. The summed E-state index contributed by atoms with van der Waals surface area (Å²) >= 11 is 1.81. The van der Waals surface area contributed by atoms with Crippen LogP contribution in [-0.2, 0) is 9.59 Å². The molecule has 0 aromatic heterocycles. The number of benzene rings is 2. The van der Waals surface area contributed by atoms with E-state index in [2.05, 4.69) is 70.3 Å². The highest BCUT2D eigenvalue weighted by Gasteiger charge is 2.26. The molecule has 0 radical (unpaired) electrons. The van der Waals surface area contributed by atoms with Gasteiger partial charge in [-0.05, 0) is 31.3 Å². The fourth-order valence-electron chi connectivity index (χ4n) is 3.57. The number of piperazine rings is 1. The normalized spacial score (nSPS) is 17.0. The van der Waals surface area contributed by atoms with Gasteiger partial charge in [0.25, 0.3) is 0 Å². The molecule has 0 aliphatic carbocycles. The van der Waals surface area contributed by atoms with Gasteiger partial charge in [0.2, 0.25) is 0 Å². The Kier molecular flexibility index (Phi) is 7.91. The van der Waals surface area contributed by atoms with Gasteiger partial charge in [-0.25, -0.2) is 9.59 Å². The number of hydrogen-bond donors (Lipinski definition) is 3. The van der Waals surface area contributed by atoms with Crippen LogP contribution in [0, 0.1) is 0 Å². The Bertz CT molecular complexity index is 860. The SMILES string of the molecule is CN1CCN(CC(O)CN2c3ccccc3Sc3ccccc32)CC1.O=C(O)C(=O)O. The molecule has 166 valence electrons. The molecule has 0 saturated carbocycles. The summed E-state index contributed by atoms with van der Waals surface area (Å²) in [6.07, 6.45) is -0.368. The Morgan fingerprint density at radius 1 is 0.871 bits per heavy atom. The number of aliphatic carboxylic acids is 2. The van der Waals surface area contributed by atoms with Gasteiger partial charge in [-0.15, -0.1) is 0 Å². The van der Waals surface area contributed by atoms with Crippen LogP contribution in [0.15, 0.2) is 58.3 Å². The van der Waals surface area contributed by atoms with Gasteiger partial charge in [0.15, 0.2) is 0 Å². The molecule has 0 spiro atoms. The van der Waals surface area contributed by atoms with Gasteiger partial charge in [-0.1, -0.05) is 36.0 Å². The van der Waals surface area contributed by atoms with Crippen molar-refractivity contribution in [3.8, 4) is 0 Å². The zero-order valence-corrected chi connectivity index (χ0v) is 18.2. The molecule has 4 rings (SSSR count). The van der Waals surface area contributed by atoms with E-state index in [-0.39, 0.29) is 6.10 Å². The number of carboxylic acid groups (broad SMARTS) is 2. The van der Waals surface area contributed by atoms with Crippen LogP contribution in [0.2, 0.25) is 0 Å². The second-order valence-electron chi connectivity index (χ2n) is 7.52. The summed E-state index contributed by atoms with van der Waals surface area (Å²) in [4.78, 5) is 27.7. The van der Waals surface area contributed by atoms with Gasteiger partial charge in [0.1, 0.15) is 0 Å². The van der Waals surface area contributed by atoms with Crippen LogP contribution in [-0.4, -0.2) is 89.5 Å². The molecule has 1 atom stereocenters. The predicted octanol–water partition coefficient (Wildman–Crippen LogP) is 2.05. The zero-order valence-electron chi connectivity index (χ0n) is 17.3. The number of aliphatic hydroxyl groups is 1. The highest BCUT2D eigenvalue weighted by Crippen LogP contribution is 2.47. The van der Waals surface area contributed by atoms with Crippen molar-refractivity contribution in [1.29, 1.82) is 0 Å². The van der Waals surface area contributed by atoms with Crippen LogP contribution < -0.4 is 4.90 Å². The van der Waals surface area contributed by atoms with Crippen molar-refractivity contribution in [3.63, 3.8) is 0 Å². The lowest BCUT2D eigenvalue weighted by Gasteiger charge is -2.37. The number of likely N-dealkylation sites (N-methyl/N-ethyl adjacent to an activating group) is 1. The monoisotopic (exact) mass is 445 g/mol. The van der Waals surface area contributed by atoms with Crippen LogP contribution >= 0.6 is 11.8 Å². The lowest BCUT2D eigenvalue weighted by Crippen LogP contribution is -2.48. The third-order valence-corrected chi connectivity index (χ3v) is 6.30. The number of rotatable bonds is 4. The van der Waals surface area contributed by atoms with Gasteiger partial charge in [0.05, 0.1) is 24.0 Å². The van der Waals surface area contributed by atoms with Crippen LogP contribution in [0.4, 0.5) is 11.4 Å². The predicted molar refractivity (Wildman–Crippen MR) is 119 cm³/mol. The third kappa shape index (κ3) is 6.20. The molecule has 3 N–H and O–H groups in total. The maximum atomic E-state index is 10.8. The van der Waals surface area contributed by atoms with E-state index in [0.717, 1.165) is 32.7 Å². The van der Waals surface area contributed by atoms with Crippen LogP contribution in [0.1, 0.15) is 0 Å². The lowest BCUT2D eigenvalue weighted by molar-refractivity contribution is -0.159. The minimum absolute atomic E-state index is 0.368. The van der Waals surface area contributed by atoms with Crippen molar-refractivity contribution in [1.82, 2.24) is 9.80 Å². The van der Waals surface area contributed by atoms with Gasteiger partial charge in [0, 0.05) is 42.5 Å². The summed E-state index contributed by atoms with van der Waals surface area (Å²) in [5, 5.41) is 25.5. The minimum Gasteiger partial charge on any atom is -0.473 e. The molecule has 2 heterocycles. The van der Waals surface area contributed by atoms with E-state index in [4.69, 9.17) is 19.8 Å². The van der Waals surface area contributed by atoms with Gasteiger partial charge < -0.3 is 25.1 Å². The van der Waals surface area contributed by atoms with E-state index in [1.165, 1.54) is 21.2 Å². The first-order chi connectivity index (χ1) is 14.8. The average Bonchev–Trinajstić information content (AvgIpc) is 2.75. The number of aliphatic hydroxyl groups excluding tert-OH is 1. The first-order valence-corrected chi connectivity index (χ1v) is 10.9. The first kappa shape index (κ1) is 23.1. The smallest absolute Gasteiger partial charge is 0.414 e. The molecule has 0 amide bonds. The number of anilines is 2. The maximum absolute atomic E-state index is 10.8. The highest BCUT2D eigenvalue weighted by molar-refractivity contribution is 7.99. The average molecular weight is 446 g/mol. The maximum Gasteiger partial charge on any atom is 0.414 e.